The Morgan fingerprint density at radius 3 is 2.87 bits per heavy atom. The van der Waals surface area contributed by atoms with Gasteiger partial charge in [0.1, 0.15) is 12.4 Å². The van der Waals surface area contributed by atoms with E-state index in [1.54, 1.807) is 18.2 Å². The van der Waals surface area contributed by atoms with Crippen molar-refractivity contribution in [2.75, 3.05) is 6.79 Å². The highest BCUT2D eigenvalue weighted by Crippen LogP contribution is 2.32. The first-order chi connectivity index (χ1) is 11.0. The van der Waals surface area contributed by atoms with Crippen LogP contribution in [0.1, 0.15) is 32.6 Å². The lowest BCUT2D eigenvalue weighted by molar-refractivity contribution is -0.0180. The molecule has 120 valence electrons. The Balaban J connectivity index is 1.78. The van der Waals surface area contributed by atoms with E-state index in [-0.39, 0.29) is 19.4 Å². The Morgan fingerprint density at radius 2 is 2.09 bits per heavy atom. The van der Waals surface area contributed by atoms with Crippen LogP contribution >= 0.6 is 11.6 Å². The van der Waals surface area contributed by atoms with Crippen molar-refractivity contribution in [3.05, 3.63) is 63.2 Å². The maximum absolute atomic E-state index is 12.3. The van der Waals surface area contributed by atoms with Crippen LogP contribution in [-0.2, 0) is 22.7 Å². The van der Waals surface area contributed by atoms with Crippen molar-refractivity contribution in [2.45, 2.75) is 27.1 Å². The molecule has 0 bridgehead atoms. The molecule has 1 heterocycles. The first kappa shape index (κ1) is 15.8. The fourth-order valence-electron chi connectivity index (χ4n) is 2.63. The summed E-state index contributed by atoms with van der Waals surface area (Å²) in [6.45, 7) is 4.61. The Labute approximate surface area is 139 Å². The Bertz CT molecular complexity index is 755. The van der Waals surface area contributed by atoms with Gasteiger partial charge in [-0.25, -0.2) is 4.79 Å². The molecule has 0 unspecified atom stereocenters. The number of ether oxygens (including phenoxy) is 3. The number of benzene rings is 2. The standard InChI is InChI=1S/C18H17ClO4/c1-11-3-4-16(12(2)5-11)18(20)22-9-14-7-15(19)6-13-8-21-10-23-17(13)14/h3-7H,8-10H2,1-2H3. The molecule has 0 aliphatic carbocycles. The van der Waals surface area contributed by atoms with Gasteiger partial charge >= 0.3 is 5.97 Å². The Kier molecular flexibility index (Phi) is 4.55. The molecule has 0 saturated carbocycles. The summed E-state index contributed by atoms with van der Waals surface area (Å²) in [7, 11) is 0. The SMILES string of the molecule is Cc1ccc(C(=O)OCc2cc(Cl)cc3c2OCOC3)c(C)c1. The maximum Gasteiger partial charge on any atom is 0.338 e. The zero-order valence-electron chi connectivity index (χ0n) is 13.0. The minimum absolute atomic E-state index is 0.106. The normalized spacial score (nSPS) is 13.2. The molecule has 4 nitrogen and oxygen atoms in total. The molecule has 0 spiro atoms. The lowest BCUT2D eigenvalue weighted by atomic mass is 10.1. The maximum atomic E-state index is 12.3. The van der Waals surface area contributed by atoms with E-state index in [1.165, 1.54) is 0 Å². The van der Waals surface area contributed by atoms with E-state index in [0.717, 1.165) is 22.3 Å². The molecule has 1 aliphatic heterocycles. The summed E-state index contributed by atoms with van der Waals surface area (Å²) in [5.41, 5.74) is 4.18. The third-order valence-electron chi connectivity index (χ3n) is 3.71. The lowest BCUT2D eigenvalue weighted by Crippen LogP contribution is -2.14. The van der Waals surface area contributed by atoms with Crippen molar-refractivity contribution in [1.29, 1.82) is 0 Å². The number of aryl methyl sites for hydroxylation is 2. The molecular weight excluding hydrogens is 316 g/mol. The van der Waals surface area contributed by atoms with Gasteiger partial charge in [-0.05, 0) is 37.6 Å². The van der Waals surface area contributed by atoms with Crippen LogP contribution < -0.4 is 4.74 Å². The van der Waals surface area contributed by atoms with Gasteiger partial charge in [0.05, 0.1) is 12.2 Å². The van der Waals surface area contributed by atoms with Crippen molar-refractivity contribution in [3.63, 3.8) is 0 Å². The molecule has 1 aliphatic rings. The van der Waals surface area contributed by atoms with Gasteiger partial charge < -0.3 is 14.2 Å². The van der Waals surface area contributed by atoms with Gasteiger partial charge in [-0.1, -0.05) is 29.3 Å². The number of fused-ring (bicyclic) bond motifs is 1. The predicted molar refractivity (Wildman–Crippen MR) is 86.8 cm³/mol. The Morgan fingerprint density at radius 1 is 1.26 bits per heavy atom. The minimum Gasteiger partial charge on any atom is -0.467 e. The minimum atomic E-state index is -0.358. The van der Waals surface area contributed by atoms with Crippen LogP contribution in [0.15, 0.2) is 30.3 Å². The number of hydrogen-bond acceptors (Lipinski definition) is 4. The lowest BCUT2D eigenvalue weighted by Gasteiger charge is -2.21. The summed E-state index contributed by atoms with van der Waals surface area (Å²) in [5.74, 6) is 0.331. The first-order valence-electron chi connectivity index (χ1n) is 7.31. The number of rotatable bonds is 3. The second kappa shape index (κ2) is 6.60. The van der Waals surface area contributed by atoms with Crippen molar-refractivity contribution in [3.8, 4) is 5.75 Å². The van der Waals surface area contributed by atoms with Crippen LogP contribution in [0.3, 0.4) is 0 Å². The van der Waals surface area contributed by atoms with Gasteiger partial charge in [0.2, 0.25) is 0 Å². The highest BCUT2D eigenvalue weighted by atomic mass is 35.5. The van der Waals surface area contributed by atoms with Gasteiger partial charge in [0, 0.05) is 16.1 Å². The van der Waals surface area contributed by atoms with E-state index >= 15 is 0 Å². The van der Waals surface area contributed by atoms with Crippen LogP contribution in [0.25, 0.3) is 0 Å². The molecule has 23 heavy (non-hydrogen) atoms. The summed E-state index contributed by atoms with van der Waals surface area (Å²) in [6.07, 6.45) is 0. The molecule has 2 aromatic carbocycles. The van der Waals surface area contributed by atoms with E-state index in [2.05, 4.69) is 0 Å². The van der Waals surface area contributed by atoms with Gasteiger partial charge in [-0.3, -0.25) is 0 Å². The smallest absolute Gasteiger partial charge is 0.338 e. The van der Waals surface area contributed by atoms with Crippen molar-refractivity contribution >= 4 is 17.6 Å². The van der Waals surface area contributed by atoms with Crippen molar-refractivity contribution in [2.24, 2.45) is 0 Å². The fraction of sp³-hybridized carbons (Fsp3) is 0.278. The second-order valence-electron chi connectivity index (χ2n) is 5.56. The van der Waals surface area contributed by atoms with Crippen LogP contribution in [-0.4, -0.2) is 12.8 Å². The zero-order chi connectivity index (χ0) is 16.4. The molecule has 3 rings (SSSR count). The number of carbonyl (C=O) groups excluding carboxylic acids is 1. The van der Waals surface area contributed by atoms with Crippen LogP contribution in [0.2, 0.25) is 5.02 Å². The highest BCUT2D eigenvalue weighted by molar-refractivity contribution is 6.30. The monoisotopic (exact) mass is 332 g/mol. The highest BCUT2D eigenvalue weighted by Gasteiger charge is 2.18. The van der Waals surface area contributed by atoms with E-state index in [4.69, 9.17) is 25.8 Å². The number of halogens is 1. The first-order valence-corrected chi connectivity index (χ1v) is 7.68. The van der Waals surface area contributed by atoms with E-state index in [0.29, 0.717) is 22.9 Å². The quantitative estimate of drug-likeness (QED) is 0.791. The molecule has 2 aromatic rings. The van der Waals surface area contributed by atoms with Crippen LogP contribution in [0.4, 0.5) is 0 Å². The Hall–Kier alpha value is -2.04. The fourth-order valence-corrected chi connectivity index (χ4v) is 2.89. The molecule has 0 radical (unpaired) electrons. The summed E-state index contributed by atoms with van der Waals surface area (Å²) >= 11 is 6.11. The van der Waals surface area contributed by atoms with Crippen molar-refractivity contribution in [1.82, 2.24) is 0 Å². The van der Waals surface area contributed by atoms with Gasteiger partial charge in [0.25, 0.3) is 0 Å². The topological polar surface area (TPSA) is 44.8 Å². The largest absolute Gasteiger partial charge is 0.467 e. The summed E-state index contributed by atoms with van der Waals surface area (Å²) in [5, 5.41) is 0.565. The molecule has 0 atom stereocenters. The number of esters is 1. The van der Waals surface area contributed by atoms with E-state index in [1.807, 2.05) is 26.0 Å². The van der Waals surface area contributed by atoms with Gasteiger partial charge in [0.15, 0.2) is 6.79 Å². The number of carbonyl (C=O) groups is 1. The molecular formula is C18H17ClO4. The predicted octanol–water partition coefficient (Wildman–Crippen LogP) is 4.18. The van der Waals surface area contributed by atoms with E-state index < -0.39 is 0 Å². The van der Waals surface area contributed by atoms with Crippen molar-refractivity contribution < 1.29 is 19.0 Å². The van der Waals surface area contributed by atoms with Gasteiger partial charge in [-0.15, -0.1) is 0 Å². The number of hydrogen-bond donors (Lipinski definition) is 0. The average Bonchev–Trinajstić information content (AvgIpc) is 2.52. The molecule has 0 N–H and O–H groups in total. The van der Waals surface area contributed by atoms with Crippen LogP contribution in [0, 0.1) is 13.8 Å². The van der Waals surface area contributed by atoms with Gasteiger partial charge in [-0.2, -0.15) is 0 Å². The third-order valence-corrected chi connectivity index (χ3v) is 3.93. The summed E-state index contributed by atoms with van der Waals surface area (Å²) < 4.78 is 16.2. The zero-order valence-corrected chi connectivity index (χ0v) is 13.8. The molecule has 5 heteroatoms. The third kappa shape index (κ3) is 3.49. The van der Waals surface area contributed by atoms with E-state index in [9.17, 15) is 4.79 Å². The second-order valence-corrected chi connectivity index (χ2v) is 5.99. The van der Waals surface area contributed by atoms with Crippen LogP contribution in [0.5, 0.6) is 5.75 Å². The molecule has 0 amide bonds. The molecule has 0 saturated heterocycles. The molecule has 0 aromatic heterocycles. The summed E-state index contributed by atoms with van der Waals surface area (Å²) in [6, 6.07) is 9.18. The summed E-state index contributed by atoms with van der Waals surface area (Å²) in [4.78, 5) is 12.3. The average molecular weight is 333 g/mol. The molecule has 0 fully saturated rings.